The van der Waals surface area contributed by atoms with Gasteiger partial charge in [-0.3, -0.25) is 4.90 Å². The lowest BCUT2D eigenvalue weighted by Gasteiger charge is -2.30. The van der Waals surface area contributed by atoms with Crippen LogP contribution >= 0.6 is 0 Å². The summed E-state index contributed by atoms with van der Waals surface area (Å²) in [5.74, 6) is 0.336. The SMILES string of the molecule is NC(CN(CCN1CCCC1)C1CCCC1)=NO. The highest BCUT2D eigenvalue weighted by molar-refractivity contribution is 5.81. The first kappa shape index (κ1) is 13.6. The standard InChI is InChI=1S/C13H26N4O/c14-13(15-18)11-17(12-5-1-2-6-12)10-9-16-7-3-4-8-16/h12,18H,1-11H2,(H2,14,15). The average molecular weight is 254 g/mol. The molecule has 0 radical (unpaired) electrons. The fraction of sp³-hybridized carbons (Fsp3) is 0.923. The Balaban J connectivity index is 1.82. The molecule has 0 aromatic carbocycles. The van der Waals surface area contributed by atoms with Gasteiger partial charge >= 0.3 is 0 Å². The third kappa shape index (κ3) is 3.85. The van der Waals surface area contributed by atoms with Crippen LogP contribution in [0.3, 0.4) is 0 Å². The molecule has 0 aromatic heterocycles. The highest BCUT2D eigenvalue weighted by Gasteiger charge is 2.24. The zero-order valence-electron chi connectivity index (χ0n) is 11.2. The van der Waals surface area contributed by atoms with Gasteiger partial charge < -0.3 is 15.8 Å². The molecular weight excluding hydrogens is 228 g/mol. The predicted octanol–water partition coefficient (Wildman–Crippen LogP) is 1.07. The normalized spacial score (nSPS) is 23.3. The van der Waals surface area contributed by atoms with Crippen LogP contribution in [0.4, 0.5) is 0 Å². The molecule has 1 saturated carbocycles. The molecule has 2 rings (SSSR count). The van der Waals surface area contributed by atoms with E-state index in [9.17, 15) is 0 Å². The molecule has 1 aliphatic carbocycles. The van der Waals surface area contributed by atoms with Gasteiger partial charge in [0.25, 0.3) is 0 Å². The number of oxime groups is 1. The summed E-state index contributed by atoms with van der Waals surface area (Å²) in [6, 6.07) is 0.632. The molecule has 3 N–H and O–H groups in total. The summed E-state index contributed by atoms with van der Waals surface area (Å²) in [6.07, 6.45) is 7.84. The van der Waals surface area contributed by atoms with Crippen LogP contribution < -0.4 is 5.73 Å². The van der Waals surface area contributed by atoms with E-state index in [-0.39, 0.29) is 0 Å². The first-order valence-electron chi connectivity index (χ1n) is 7.22. The summed E-state index contributed by atoms with van der Waals surface area (Å²) >= 11 is 0. The minimum absolute atomic E-state index is 0.336. The van der Waals surface area contributed by atoms with E-state index >= 15 is 0 Å². The lowest BCUT2D eigenvalue weighted by atomic mass is 10.2. The van der Waals surface area contributed by atoms with E-state index < -0.39 is 0 Å². The topological polar surface area (TPSA) is 65.1 Å². The van der Waals surface area contributed by atoms with Crippen molar-refractivity contribution in [1.29, 1.82) is 0 Å². The molecule has 1 aliphatic heterocycles. The zero-order valence-corrected chi connectivity index (χ0v) is 11.2. The molecule has 0 aromatic rings. The number of nitrogens with two attached hydrogens (primary N) is 1. The number of hydrogen-bond donors (Lipinski definition) is 2. The van der Waals surface area contributed by atoms with Crippen LogP contribution in [0.1, 0.15) is 38.5 Å². The van der Waals surface area contributed by atoms with Crippen molar-refractivity contribution >= 4 is 5.84 Å². The number of hydrogen-bond acceptors (Lipinski definition) is 4. The largest absolute Gasteiger partial charge is 0.409 e. The van der Waals surface area contributed by atoms with Crippen LogP contribution in [-0.4, -0.2) is 59.6 Å². The fourth-order valence-electron chi connectivity index (χ4n) is 3.18. The monoisotopic (exact) mass is 254 g/mol. The number of likely N-dealkylation sites (tertiary alicyclic amines) is 1. The van der Waals surface area contributed by atoms with Gasteiger partial charge in [0.15, 0.2) is 5.84 Å². The number of amidine groups is 1. The summed E-state index contributed by atoms with van der Waals surface area (Å²) < 4.78 is 0. The maximum Gasteiger partial charge on any atom is 0.153 e. The maximum atomic E-state index is 8.73. The van der Waals surface area contributed by atoms with Crippen LogP contribution in [0.5, 0.6) is 0 Å². The molecule has 0 spiro atoms. The second-order valence-electron chi connectivity index (χ2n) is 5.55. The van der Waals surface area contributed by atoms with Crippen molar-refractivity contribution in [2.75, 3.05) is 32.7 Å². The highest BCUT2D eigenvalue weighted by atomic mass is 16.4. The Morgan fingerprint density at radius 1 is 1.22 bits per heavy atom. The molecule has 2 aliphatic rings. The second-order valence-corrected chi connectivity index (χ2v) is 5.55. The Bertz CT molecular complexity index is 270. The van der Waals surface area contributed by atoms with Gasteiger partial charge in [0, 0.05) is 19.1 Å². The Morgan fingerprint density at radius 2 is 1.89 bits per heavy atom. The maximum absolute atomic E-state index is 8.73. The number of rotatable bonds is 6. The second kappa shape index (κ2) is 6.95. The van der Waals surface area contributed by atoms with Gasteiger partial charge in [0.2, 0.25) is 0 Å². The van der Waals surface area contributed by atoms with Crippen molar-refractivity contribution in [3.63, 3.8) is 0 Å². The van der Waals surface area contributed by atoms with Gasteiger partial charge in [0.1, 0.15) is 0 Å². The van der Waals surface area contributed by atoms with Gasteiger partial charge in [-0.15, -0.1) is 0 Å². The predicted molar refractivity (Wildman–Crippen MR) is 72.9 cm³/mol. The van der Waals surface area contributed by atoms with Gasteiger partial charge in [-0.05, 0) is 38.8 Å². The summed E-state index contributed by atoms with van der Waals surface area (Å²) in [7, 11) is 0. The van der Waals surface area contributed by atoms with Crippen LogP contribution in [0.25, 0.3) is 0 Å². The van der Waals surface area contributed by atoms with Crippen molar-refractivity contribution in [2.45, 2.75) is 44.6 Å². The number of nitrogens with zero attached hydrogens (tertiary/aromatic N) is 3. The molecular formula is C13H26N4O. The molecule has 0 bridgehead atoms. The van der Waals surface area contributed by atoms with Crippen molar-refractivity contribution in [1.82, 2.24) is 9.80 Å². The van der Waals surface area contributed by atoms with Crippen LogP contribution in [-0.2, 0) is 0 Å². The lowest BCUT2D eigenvalue weighted by Crippen LogP contribution is -2.44. The smallest absolute Gasteiger partial charge is 0.153 e. The Kier molecular flexibility index (Phi) is 5.26. The summed E-state index contributed by atoms with van der Waals surface area (Å²) in [4.78, 5) is 4.93. The lowest BCUT2D eigenvalue weighted by molar-refractivity contribution is 0.191. The van der Waals surface area contributed by atoms with Gasteiger partial charge in [-0.2, -0.15) is 0 Å². The summed E-state index contributed by atoms with van der Waals surface area (Å²) in [6.45, 7) is 5.25. The first-order valence-corrected chi connectivity index (χ1v) is 7.22. The van der Waals surface area contributed by atoms with Crippen molar-refractivity contribution < 1.29 is 5.21 Å². The third-order valence-corrected chi connectivity index (χ3v) is 4.24. The van der Waals surface area contributed by atoms with Crippen molar-refractivity contribution in [3.05, 3.63) is 0 Å². The van der Waals surface area contributed by atoms with E-state index in [0.717, 1.165) is 13.1 Å². The van der Waals surface area contributed by atoms with E-state index in [1.54, 1.807) is 0 Å². The van der Waals surface area contributed by atoms with Crippen LogP contribution in [0, 0.1) is 0 Å². The average Bonchev–Trinajstić information content (AvgIpc) is 3.06. The molecule has 2 fully saturated rings. The quantitative estimate of drug-likeness (QED) is 0.322. The molecule has 5 heteroatoms. The highest BCUT2D eigenvalue weighted by Crippen LogP contribution is 2.23. The molecule has 1 heterocycles. The summed E-state index contributed by atoms with van der Waals surface area (Å²) in [5.41, 5.74) is 5.67. The van der Waals surface area contributed by atoms with E-state index in [1.807, 2.05) is 0 Å². The fourth-order valence-corrected chi connectivity index (χ4v) is 3.18. The molecule has 1 saturated heterocycles. The van der Waals surface area contributed by atoms with Crippen molar-refractivity contribution in [2.24, 2.45) is 10.9 Å². The Hall–Kier alpha value is -0.810. The molecule has 0 amide bonds. The first-order chi connectivity index (χ1) is 8.79. The van der Waals surface area contributed by atoms with E-state index in [2.05, 4.69) is 15.0 Å². The summed E-state index contributed by atoms with van der Waals surface area (Å²) in [5, 5.41) is 11.9. The van der Waals surface area contributed by atoms with E-state index in [1.165, 1.54) is 51.6 Å². The Labute approximate surface area is 110 Å². The zero-order chi connectivity index (χ0) is 12.8. The van der Waals surface area contributed by atoms with Crippen LogP contribution in [0.15, 0.2) is 5.16 Å². The molecule has 0 atom stereocenters. The van der Waals surface area contributed by atoms with E-state index in [0.29, 0.717) is 18.4 Å². The molecule has 18 heavy (non-hydrogen) atoms. The molecule has 104 valence electrons. The third-order valence-electron chi connectivity index (χ3n) is 4.24. The Morgan fingerprint density at radius 3 is 2.50 bits per heavy atom. The minimum Gasteiger partial charge on any atom is -0.409 e. The van der Waals surface area contributed by atoms with Gasteiger partial charge in [0.05, 0.1) is 6.54 Å². The van der Waals surface area contributed by atoms with Crippen LogP contribution in [0.2, 0.25) is 0 Å². The van der Waals surface area contributed by atoms with Crippen molar-refractivity contribution in [3.8, 4) is 0 Å². The molecule has 5 nitrogen and oxygen atoms in total. The minimum atomic E-state index is 0.336. The van der Waals surface area contributed by atoms with Gasteiger partial charge in [-0.25, -0.2) is 0 Å². The molecule has 0 unspecified atom stereocenters. The van der Waals surface area contributed by atoms with E-state index in [4.69, 9.17) is 10.9 Å². The van der Waals surface area contributed by atoms with Gasteiger partial charge in [-0.1, -0.05) is 18.0 Å².